The van der Waals surface area contributed by atoms with E-state index in [2.05, 4.69) is 30.1 Å². The maximum absolute atomic E-state index is 11.4. The maximum Gasteiger partial charge on any atom is 0.242 e. The van der Waals surface area contributed by atoms with Crippen LogP contribution in [0.25, 0.3) is 0 Å². The third-order valence-electron chi connectivity index (χ3n) is 1.71. The van der Waals surface area contributed by atoms with Crippen LogP contribution in [0.4, 0.5) is 5.95 Å². The quantitative estimate of drug-likeness (QED) is 0.650. The lowest BCUT2D eigenvalue weighted by Crippen LogP contribution is -2.27. The molecule has 0 saturated carbocycles. The summed E-state index contributed by atoms with van der Waals surface area (Å²) in [5, 5.41) is 9.90. The average molecular weight is 223 g/mol. The molecule has 1 amide bonds. The Kier molecular flexibility index (Phi) is 2.76. The molecule has 2 aromatic heterocycles. The largest absolute Gasteiger partial charge is 0.367 e. The van der Waals surface area contributed by atoms with Gasteiger partial charge in [0.25, 0.3) is 0 Å². The number of amides is 1. The molecule has 0 saturated heterocycles. The van der Waals surface area contributed by atoms with Crippen molar-refractivity contribution in [2.75, 3.05) is 5.73 Å². The number of carbonyl (C=O) groups is 1. The molecule has 3 N–H and O–H groups in total. The van der Waals surface area contributed by atoms with Gasteiger partial charge in [-0.3, -0.25) is 4.79 Å². The first-order chi connectivity index (χ1) is 7.74. The number of carbonyl (C=O) groups excluding carboxylic acids is 1. The smallest absolute Gasteiger partial charge is 0.242 e. The van der Waals surface area contributed by atoms with Crippen LogP contribution in [0.2, 0.25) is 0 Å². The van der Waals surface area contributed by atoms with Gasteiger partial charge in [-0.25, -0.2) is 9.67 Å². The van der Waals surface area contributed by atoms with E-state index in [1.54, 1.807) is 0 Å². The Morgan fingerprint density at radius 2 is 2.44 bits per heavy atom. The fourth-order valence-electron chi connectivity index (χ4n) is 1.04. The Balaban J connectivity index is 1.81. The van der Waals surface area contributed by atoms with Gasteiger partial charge >= 0.3 is 0 Å². The third kappa shape index (κ3) is 2.53. The van der Waals surface area contributed by atoms with E-state index < -0.39 is 0 Å². The summed E-state index contributed by atoms with van der Waals surface area (Å²) >= 11 is 0. The fourth-order valence-corrected chi connectivity index (χ4v) is 1.04. The second-order valence-electron chi connectivity index (χ2n) is 2.92. The van der Waals surface area contributed by atoms with E-state index in [0.717, 1.165) is 0 Å². The minimum absolute atomic E-state index is 0.0437. The van der Waals surface area contributed by atoms with Gasteiger partial charge in [0.05, 0.1) is 6.54 Å². The van der Waals surface area contributed by atoms with E-state index in [1.165, 1.54) is 17.4 Å². The Bertz CT molecular complexity index is 463. The molecule has 0 bridgehead atoms. The summed E-state index contributed by atoms with van der Waals surface area (Å²) in [7, 11) is 0. The molecule has 2 rings (SSSR count). The van der Waals surface area contributed by atoms with Crippen LogP contribution in [-0.2, 0) is 17.9 Å². The summed E-state index contributed by atoms with van der Waals surface area (Å²) in [6.07, 6.45) is 2.57. The zero-order valence-electron chi connectivity index (χ0n) is 8.20. The van der Waals surface area contributed by atoms with Gasteiger partial charge in [0.15, 0.2) is 5.82 Å². The number of anilines is 1. The molecule has 0 unspecified atom stereocenters. The van der Waals surface area contributed by atoms with Gasteiger partial charge in [0.2, 0.25) is 18.2 Å². The number of nitrogens with zero attached hydrogens (tertiary/aromatic N) is 5. The SMILES string of the molecule is Nc1ncn(CC(=O)NCc2ncon2)n1. The Morgan fingerprint density at radius 1 is 1.56 bits per heavy atom. The molecular formula is C7H9N7O2. The molecule has 9 heteroatoms. The van der Waals surface area contributed by atoms with Gasteiger partial charge in [0.1, 0.15) is 12.9 Å². The summed E-state index contributed by atoms with van der Waals surface area (Å²) in [4.78, 5) is 18.8. The highest BCUT2D eigenvalue weighted by Crippen LogP contribution is 1.90. The first kappa shape index (κ1) is 10.1. The minimum Gasteiger partial charge on any atom is -0.367 e. The van der Waals surface area contributed by atoms with Gasteiger partial charge in [0, 0.05) is 0 Å². The highest BCUT2D eigenvalue weighted by atomic mass is 16.5. The van der Waals surface area contributed by atoms with Gasteiger partial charge in [-0.15, -0.1) is 5.10 Å². The number of nitrogens with one attached hydrogen (secondary N) is 1. The van der Waals surface area contributed by atoms with Crippen LogP contribution in [0.1, 0.15) is 5.82 Å². The molecule has 16 heavy (non-hydrogen) atoms. The fraction of sp³-hybridized carbons (Fsp3) is 0.286. The summed E-state index contributed by atoms with van der Waals surface area (Å²) in [6.45, 7) is 0.252. The number of aromatic nitrogens is 5. The van der Waals surface area contributed by atoms with Crippen molar-refractivity contribution in [3.63, 3.8) is 0 Å². The Morgan fingerprint density at radius 3 is 3.06 bits per heavy atom. The molecule has 84 valence electrons. The molecule has 0 aliphatic carbocycles. The second-order valence-corrected chi connectivity index (χ2v) is 2.92. The van der Waals surface area contributed by atoms with Gasteiger partial charge in [-0.05, 0) is 0 Å². The summed E-state index contributed by atoms with van der Waals surface area (Å²) < 4.78 is 5.85. The monoisotopic (exact) mass is 223 g/mol. The van der Waals surface area contributed by atoms with Gasteiger partial charge in [-0.1, -0.05) is 5.16 Å². The lowest BCUT2D eigenvalue weighted by atomic mass is 10.5. The first-order valence-corrected chi connectivity index (χ1v) is 4.41. The number of hydrogen-bond donors (Lipinski definition) is 2. The molecule has 9 nitrogen and oxygen atoms in total. The molecule has 0 aliphatic heterocycles. The molecule has 0 aliphatic rings. The number of rotatable bonds is 4. The van der Waals surface area contributed by atoms with E-state index in [0.29, 0.717) is 5.82 Å². The predicted octanol–water partition coefficient (Wildman–Crippen LogP) is -1.44. The van der Waals surface area contributed by atoms with Crippen LogP contribution < -0.4 is 11.1 Å². The summed E-state index contributed by atoms with van der Waals surface area (Å²) in [5.41, 5.74) is 5.30. The van der Waals surface area contributed by atoms with E-state index in [1.807, 2.05) is 0 Å². The summed E-state index contributed by atoms with van der Waals surface area (Å²) in [6, 6.07) is 0. The van der Waals surface area contributed by atoms with E-state index in [9.17, 15) is 4.79 Å². The van der Waals surface area contributed by atoms with Crippen molar-refractivity contribution in [3.05, 3.63) is 18.5 Å². The molecule has 0 aromatic carbocycles. The van der Waals surface area contributed by atoms with Crippen molar-refractivity contribution < 1.29 is 9.32 Å². The molecule has 2 heterocycles. The van der Waals surface area contributed by atoms with Gasteiger partial charge < -0.3 is 15.6 Å². The second kappa shape index (κ2) is 4.38. The van der Waals surface area contributed by atoms with Crippen molar-refractivity contribution in [1.82, 2.24) is 30.2 Å². The molecule has 0 atom stereocenters. The first-order valence-electron chi connectivity index (χ1n) is 4.41. The van der Waals surface area contributed by atoms with Crippen LogP contribution in [0, 0.1) is 0 Å². The molecular weight excluding hydrogens is 214 g/mol. The Labute approximate surface area is 89.6 Å². The van der Waals surface area contributed by atoms with E-state index in [4.69, 9.17) is 5.73 Å². The lowest BCUT2D eigenvalue weighted by Gasteiger charge is -2.01. The number of nitrogen functional groups attached to an aromatic ring is 1. The van der Waals surface area contributed by atoms with Crippen LogP contribution in [0.15, 0.2) is 17.2 Å². The van der Waals surface area contributed by atoms with Crippen LogP contribution in [0.3, 0.4) is 0 Å². The molecule has 0 spiro atoms. The predicted molar refractivity (Wildman–Crippen MR) is 50.6 cm³/mol. The van der Waals surface area contributed by atoms with E-state index >= 15 is 0 Å². The highest BCUT2D eigenvalue weighted by molar-refractivity contribution is 5.75. The van der Waals surface area contributed by atoms with Crippen LogP contribution in [-0.4, -0.2) is 30.8 Å². The third-order valence-corrected chi connectivity index (χ3v) is 1.71. The number of hydrogen-bond acceptors (Lipinski definition) is 7. The normalized spacial score (nSPS) is 10.2. The van der Waals surface area contributed by atoms with Crippen molar-refractivity contribution in [2.24, 2.45) is 0 Å². The van der Waals surface area contributed by atoms with Crippen molar-refractivity contribution in [2.45, 2.75) is 13.1 Å². The molecule has 2 aromatic rings. The Hall–Kier alpha value is -2.45. The zero-order valence-corrected chi connectivity index (χ0v) is 8.20. The lowest BCUT2D eigenvalue weighted by molar-refractivity contribution is -0.122. The molecule has 0 fully saturated rings. The van der Waals surface area contributed by atoms with Crippen molar-refractivity contribution in [1.29, 1.82) is 0 Å². The van der Waals surface area contributed by atoms with Crippen LogP contribution >= 0.6 is 0 Å². The average Bonchev–Trinajstić information content (AvgIpc) is 2.87. The zero-order chi connectivity index (χ0) is 11.4. The van der Waals surface area contributed by atoms with Crippen LogP contribution in [0.5, 0.6) is 0 Å². The van der Waals surface area contributed by atoms with Gasteiger partial charge in [-0.2, -0.15) is 4.98 Å². The summed E-state index contributed by atoms with van der Waals surface area (Å²) in [5.74, 6) is 0.298. The minimum atomic E-state index is -0.241. The highest BCUT2D eigenvalue weighted by Gasteiger charge is 2.05. The standard InChI is InChI=1S/C7H9N7O2/c8-7-10-3-14(12-7)2-6(15)9-1-5-11-4-16-13-5/h3-4H,1-2H2,(H2,8,12)(H,9,15). The topological polar surface area (TPSA) is 125 Å². The van der Waals surface area contributed by atoms with Crippen molar-refractivity contribution >= 4 is 11.9 Å². The molecule has 0 radical (unpaired) electrons. The van der Waals surface area contributed by atoms with Crippen molar-refractivity contribution in [3.8, 4) is 0 Å². The van der Waals surface area contributed by atoms with E-state index in [-0.39, 0.29) is 24.9 Å². The maximum atomic E-state index is 11.4. The number of nitrogens with two attached hydrogens (primary N) is 1.